The molecule has 6 nitrogen and oxygen atoms in total. The number of ketones is 1. The summed E-state index contributed by atoms with van der Waals surface area (Å²) >= 11 is 0. The predicted octanol–water partition coefficient (Wildman–Crippen LogP) is 1.66. The van der Waals surface area contributed by atoms with Crippen LogP contribution in [0.4, 0.5) is 5.69 Å². The summed E-state index contributed by atoms with van der Waals surface area (Å²) in [5.41, 5.74) is 1.76. The zero-order chi connectivity index (χ0) is 18.6. The lowest BCUT2D eigenvalue weighted by molar-refractivity contribution is -0.140. The number of ether oxygens (including phenoxy) is 1. The molecule has 3 aliphatic heterocycles. The maximum atomic E-state index is 12.9. The Morgan fingerprint density at radius 2 is 2.00 bits per heavy atom. The van der Waals surface area contributed by atoms with E-state index >= 15 is 0 Å². The molecule has 1 aromatic carbocycles. The van der Waals surface area contributed by atoms with Gasteiger partial charge in [-0.25, -0.2) is 0 Å². The summed E-state index contributed by atoms with van der Waals surface area (Å²) in [6.45, 7) is 5.29. The number of carbonyl (C=O) groups excluding carboxylic acids is 3. The van der Waals surface area contributed by atoms with Gasteiger partial charge in [-0.05, 0) is 25.1 Å². The Balaban J connectivity index is 1.83. The minimum Gasteiger partial charge on any atom is -0.497 e. The summed E-state index contributed by atoms with van der Waals surface area (Å²) in [6, 6.07) is 4.65. The molecule has 4 rings (SSSR count). The molecule has 134 valence electrons. The van der Waals surface area contributed by atoms with Crippen LogP contribution in [0.3, 0.4) is 0 Å². The maximum absolute atomic E-state index is 12.9. The van der Waals surface area contributed by atoms with Crippen LogP contribution < -0.4 is 9.64 Å². The van der Waals surface area contributed by atoms with Crippen molar-refractivity contribution in [1.82, 2.24) is 4.90 Å². The van der Waals surface area contributed by atoms with Crippen molar-refractivity contribution in [3.63, 3.8) is 0 Å². The van der Waals surface area contributed by atoms with E-state index < -0.39 is 17.9 Å². The van der Waals surface area contributed by atoms with Crippen molar-refractivity contribution in [2.24, 2.45) is 11.8 Å². The molecule has 0 saturated carbocycles. The summed E-state index contributed by atoms with van der Waals surface area (Å²) < 4.78 is 5.27. The number of amides is 2. The van der Waals surface area contributed by atoms with E-state index in [2.05, 4.69) is 6.58 Å². The molecule has 4 atom stereocenters. The fourth-order valence-electron chi connectivity index (χ4n) is 4.51. The first kappa shape index (κ1) is 16.6. The van der Waals surface area contributed by atoms with Crippen LogP contribution in [0.25, 0.3) is 6.08 Å². The monoisotopic (exact) mass is 352 g/mol. The van der Waals surface area contributed by atoms with Gasteiger partial charge in [0.25, 0.3) is 0 Å². The van der Waals surface area contributed by atoms with E-state index in [-0.39, 0.29) is 30.2 Å². The standard InChI is InChI=1S/C20H20N2O4/c1-4-9-21-19(24)16-15-7-5-12-10-13(26-3)6-8-14(12)22(15)18(11(2)23)17(16)20(21)25/h4-8,10,15-18H,1,9H2,2-3H3/t15-,16+,17+,18-/m1/s1. The van der Waals surface area contributed by atoms with E-state index in [1.54, 1.807) is 7.11 Å². The first-order valence-corrected chi connectivity index (χ1v) is 8.60. The van der Waals surface area contributed by atoms with E-state index in [0.29, 0.717) is 0 Å². The largest absolute Gasteiger partial charge is 0.497 e. The SMILES string of the molecule is C=CCN1C(=O)[C@@H]2[C@H](C1=O)[C@@H](C(C)=O)N1c3ccc(OC)cc3C=C[C@H]21. The fourth-order valence-corrected chi connectivity index (χ4v) is 4.51. The normalized spacial score (nSPS) is 28.7. The third-order valence-corrected chi connectivity index (χ3v) is 5.53. The first-order valence-electron chi connectivity index (χ1n) is 8.60. The summed E-state index contributed by atoms with van der Waals surface area (Å²) in [5.74, 6) is -1.08. The fraction of sp³-hybridized carbons (Fsp3) is 0.350. The molecule has 3 heterocycles. The van der Waals surface area contributed by atoms with Crippen molar-refractivity contribution in [2.45, 2.75) is 19.0 Å². The second-order valence-electron chi connectivity index (χ2n) is 6.86. The minimum atomic E-state index is -0.650. The van der Waals surface area contributed by atoms with Gasteiger partial charge >= 0.3 is 0 Å². The maximum Gasteiger partial charge on any atom is 0.236 e. The summed E-state index contributed by atoms with van der Waals surface area (Å²) in [6.07, 6.45) is 5.40. The Labute approximate surface area is 151 Å². The molecular formula is C20H20N2O4. The number of rotatable bonds is 4. The lowest BCUT2D eigenvalue weighted by Crippen LogP contribution is -2.48. The van der Waals surface area contributed by atoms with Crippen molar-refractivity contribution in [3.8, 4) is 5.75 Å². The van der Waals surface area contributed by atoms with E-state index in [0.717, 1.165) is 17.0 Å². The zero-order valence-electron chi connectivity index (χ0n) is 14.7. The zero-order valence-corrected chi connectivity index (χ0v) is 14.7. The van der Waals surface area contributed by atoms with Gasteiger partial charge in [0.15, 0.2) is 5.78 Å². The number of Topliss-reactive ketones (excluding diaryl/α,β-unsaturated/α-hetero) is 1. The highest BCUT2D eigenvalue weighted by Crippen LogP contribution is 2.48. The number of carbonyl (C=O) groups is 3. The van der Waals surface area contributed by atoms with Crippen molar-refractivity contribution < 1.29 is 19.1 Å². The molecule has 0 radical (unpaired) electrons. The number of nitrogens with zero attached hydrogens (tertiary/aromatic N) is 2. The van der Waals surface area contributed by atoms with Crippen molar-refractivity contribution >= 4 is 29.4 Å². The quantitative estimate of drug-likeness (QED) is 0.609. The third-order valence-electron chi connectivity index (χ3n) is 5.53. The van der Waals surface area contributed by atoms with Crippen LogP contribution in [-0.4, -0.2) is 48.2 Å². The number of hydrogen-bond acceptors (Lipinski definition) is 5. The highest BCUT2D eigenvalue weighted by molar-refractivity contribution is 6.11. The van der Waals surface area contributed by atoms with Gasteiger partial charge in [-0.2, -0.15) is 0 Å². The number of fused-ring (bicyclic) bond motifs is 5. The van der Waals surface area contributed by atoms with Gasteiger partial charge in [-0.15, -0.1) is 6.58 Å². The Morgan fingerprint density at radius 3 is 2.65 bits per heavy atom. The summed E-state index contributed by atoms with van der Waals surface area (Å²) in [7, 11) is 1.60. The van der Waals surface area contributed by atoms with Gasteiger partial charge in [0.2, 0.25) is 11.8 Å². The molecule has 2 amide bonds. The third kappa shape index (κ3) is 2.08. The predicted molar refractivity (Wildman–Crippen MR) is 96.7 cm³/mol. The Morgan fingerprint density at radius 1 is 1.27 bits per heavy atom. The van der Waals surface area contributed by atoms with E-state index in [1.807, 2.05) is 35.3 Å². The van der Waals surface area contributed by atoms with E-state index in [9.17, 15) is 14.4 Å². The van der Waals surface area contributed by atoms with Crippen LogP contribution in [-0.2, 0) is 14.4 Å². The lowest BCUT2D eigenvalue weighted by atomic mass is 9.88. The first-order chi connectivity index (χ1) is 12.5. The van der Waals surface area contributed by atoms with E-state index in [4.69, 9.17) is 4.74 Å². The topological polar surface area (TPSA) is 66.9 Å². The summed E-state index contributed by atoms with van der Waals surface area (Å²) in [4.78, 5) is 41.4. The van der Waals surface area contributed by atoms with Crippen molar-refractivity contribution in [3.05, 3.63) is 42.5 Å². The summed E-state index contributed by atoms with van der Waals surface area (Å²) in [5, 5.41) is 0. The highest BCUT2D eigenvalue weighted by Gasteiger charge is 2.63. The molecule has 0 aliphatic carbocycles. The van der Waals surface area contributed by atoms with Crippen LogP contribution in [0.1, 0.15) is 12.5 Å². The highest BCUT2D eigenvalue weighted by atomic mass is 16.5. The van der Waals surface area contributed by atoms with Crippen LogP contribution in [0.5, 0.6) is 5.75 Å². The van der Waals surface area contributed by atoms with Crippen LogP contribution in [0, 0.1) is 11.8 Å². The molecule has 1 aromatic rings. The van der Waals surface area contributed by atoms with Gasteiger partial charge < -0.3 is 9.64 Å². The van der Waals surface area contributed by atoms with Gasteiger partial charge in [-0.1, -0.05) is 18.2 Å². The number of likely N-dealkylation sites (tertiary alicyclic amines) is 1. The molecule has 2 saturated heterocycles. The number of methoxy groups -OCH3 is 1. The Hall–Kier alpha value is -2.89. The molecule has 26 heavy (non-hydrogen) atoms. The second-order valence-corrected chi connectivity index (χ2v) is 6.86. The van der Waals surface area contributed by atoms with E-state index in [1.165, 1.54) is 17.9 Å². The van der Waals surface area contributed by atoms with Crippen molar-refractivity contribution in [2.75, 3.05) is 18.6 Å². The van der Waals surface area contributed by atoms with Gasteiger partial charge in [-0.3, -0.25) is 19.3 Å². The van der Waals surface area contributed by atoms with Crippen LogP contribution in [0.2, 0.25) is 0 Å². The minimum absolute atomic E-state index is 0.110. The molecular weight excluding hydrogens is 332 g/mol. The Kier molecular flexibility index (Phi) is 3.72. The molecule has 0 N–H and O–H groups in total. The second kappa shape index (κ2) is 5.83. The number of benzene rings is 1. The number of hydrogen-bond donors (Lipinski definition) is 0. The molecule has 6 heteroatoms. The lowest BCUT2D eigenvalue weighted by Gasteiger charge is -2.36. The molecule has 2 fully saturated rings. The average Bonchev–Trinajstić information content (AvgIpc) is 3.10. The Bertz CT molecular complexity index is 859. The molecule has 3 aliphatic rings. The molecule has 0 unspecified atom stereocenters. The molecule has 0 bridgehead atoms. The molecule has 0 spiro atoms. The number of anilines is 1. The van der Waals surface area contributed by atoms with Crippen LogP contribution >= 0.6 is 0 Å². The smallest absolute Gasteiger partial charge is 0.236 e. The number of imide groups is 1. The van der Waals surface area contributed by atoms with Gasteiger partial charge in [0, 0.05) is 17.8 Å². The average molecular weight is 352 g/mol. The van der Waals surface area contributed by atoms with Crippen LogP contribution in [0.15, 0.2) is 36.9 Å². The van der Waals surface area contributed by atoms with Gasteiger partial charge in [0.05, 0.1) is 25.0 Å². The van der Waals surface area contributed by atoms with Gasteiger partial charge in [0.1, 0.15) is 11.8 Å². The van der Waals surface area contributed by atoms with Crippen molar-refractivity contribution in [1.29, 1.82) is 0 Å². The molecule has 0 aromatic heterocycles.